The molecule has 0 atom stereocenters. The quantitative estimate of drug-likeness (QED) is 0.454. The van der Waals surface area contributed by atoms with E-state index in [0.717, 1.165) is 71.8 Å². The van der Waals surface area contributed by atoms with E-state index >= 15 is 0 Å². The van der Waals surface area contributed by atoms with Crippen LogP contribution in [0.15, 0.2) is 41.1 Å². The van der Waals surface area contributed by atoms with Crippen molar-refractivity contribution in [2.45, 2.75) is 13.1 Å². The van der Waals surface area contributed by atoms with E-state index in [0.29, 0.717) is 6.54 Å². The Morgan fingerprint density at radius 2 is 1.94 bits per heavy atom. The zero-order valence-electron chi connectivity index (χ0n) is 17.4. The number of nitrogens with one attached hydrogen (secondary N) is 2. The first-order valence-corrected chi connectivity index (χ1v) is 12.4. The first kappa shape index (κ1) is 19.9. The SMILES string of the molecule is c1csc(-c2csc3nc(C[NH+]4CCOCC4)nc(NCc4ccc5c(c4)OCO5)c23)c1. The zero-order chi connectivity index (χ0) is 21.3. The smallest absolute Gasteiger partial charge is 0.231 e. The number of ether oxygens (including phenoxy) is 3. The zero-order valence-corrected chi connectivity index (χ0v) is 19.1. The maximum absolute atomic E-state index is 5.54. The number of hydrogen-bond donors (Lipinski definition) is 2. The second-order valence-electron chi connectivity index (χ2n) is 7.88. The largest absolute Gasteiger partial charge is 0.454 e. The molecule has 0 unspecified atom stereocenters. The van der Waals surface area contributed by atoms with Crippen LogP contribution in [0.5, 0.6) is 11.5 Å². The number of hydrogen-bond acceptors (Lipinski definition) is 8. The Bertz CT molecular complexity index is 1240. The summed E-state index contributed by atoms with van der Waals surface area (Å²) in [6, 6.07) is 10.3. The molecule has 0 bridgehead atoms. The van der Waals surface area contributed by atoms with Crippen LogP contribution in [0.3, 0.4) is 0 Å². The molecule has 5 heterocycles. The molecule has 7 nitrogen and oxygen atoms in total. The summed E-state index contributed by atoms with van der Waals surface area (Å²) in [4.78, 5) is 13.7. The monoisotopic (exact) mass is 467 g/mol. The molecule has 3 aromatic heterocycles. The molecule has 164 valence electrons. The minimum Gasteiger partial charge on any atom is -0.454 e. The fourth-order valence-corrected chi connectivity index (χ4v) is 5.88. The van der Waals surface area contributed by atoms with Crippen LogP contribution < -0.4 is 19.7 Å². The van der Waals surface area contributed by atoms with E-state index in [1.54, 1.807) is 22.7 Å². The predicted octanol–water partition coefficient (Wildman–Crippen LogP) is 3.18. The molecule has 0 saturated carbocycles. The maximum Gasteiger partial charge on any atom is 0.231 e. The number of morpholine rings is 1. The lowest BCUT2D eigenvalue weighted by Crippen LogP contribution is -3.12. The molecule has 6 rings (SSSR count). The Hall–Kier alpha value is -2.72. The lowest BCUT2D eigenvalue weighted by atomic mass is 10.1. The van der Waals surface area contributed by atoms with Gasteiger partial charge in [0.15, 0.2) is 17.3 Å². The highest BCUT2D eigenvalue weighted by atomic mass is 32.1. The van der Waals surface area contributed by atoms with Crippen molar-refractivity contribution in [1.82, 2.24) is 9.97 Å². The first-order valence-electron chi connectivity index (χ1n) is 10.7. The van der Waals surface area contributed by atoms with E-state index in [-0.39, 0.29) is 6.79 Å². The van der Waals surface area contributed by atoms with Crippen LogP contribution in [0.4, 0.5) is 5.82 Å². The van der Waals surface area contributed by atoms with Gasteiger partial charge in [0, 0.05) is 22.4 Å². The summed E-state index contributed by atoms with van der Waals surface area (Å²) in [7, 11) is 0. The molecule has 0 aliphatic carbocycles. The Balaban J connectivity index is 1.34. The Morgan fingerprint density at radius 3 is 2.81 bits per heavy atom. The van der Waals surface area contributed by atoms with E-state index in [1.807, 2.05) is 12.1 Å². The Labute approximate surface area is 193 Å². The van der Waals surface area contributed by atoms with Crippen LogP contribution in [0.1, 0.15) is 11.4 Å². The van der Waals surface area contributed by atoms with Crippen molar-refractivity contribution in [3.05, 3.63) is 52.5 Å². The molecular formula is C23H23N4O3S2+. The van der Waals surface area contributed by atoms with Crippen LogP contribution in [-0.4, -0.2) is 43.1 Å². The number of anilines is 1. The minimum absolute atomic E-state index is 0.283. The normalized spacial score (nSPS) is 16.0. The molecular weight excluding hydrogens is 444 g/mol. The van der Waals surface area contributed by atoms with Gasteiger partial charge in [0.2, 0.25) is 6.79 Å². The van der Waals surface area contributed by atoms with Crippen molar-refractivity contribution in [3.8, 4) is 21.9 Å². The first-order chi connectivity index (χ1) is 15.8. The average molecular weight is 468 g/mol. The second-order valence-corrected chi connectivity index (χ2v) is 9.68. The molecule has 1 saturated heterocycles. The molecule has 1 fully saturated rings. The number of fused-ring (bicyclic) bond motifs is 2. The molecule has 4 aromatic rings. The number of rotatable bonds is 6. The Kier molecular flexibility index (Phi) is 5.40. The van der Waals surface area contributed by atoms with E-state index in [4.69, 9.17) is 24.2 Å². The average Bonchev–Trinajstić information content (AvgIpc) is 3.58. The Morgan fingerprint density at radius 1 is 1.03 bits per heavy atom. The number of nitrogens with zero attached hydrogens (tertiary/aromatic N) is 2. The third kappa shape index (κ3) is 3.93. The number of benzene rings is 1. The van der Waals surface area contributed by atoms with Crippen molar-refractivity contribution in [3.63, 3.8) is 0 Å². The molecule has 0 amide bonds. The molecule has 2 aliphatic heterocycles. The fraction of sp³-hybridized carbons (Fsp3) is 0.304. The highest BCUT2D eigenvalue weighted by molar-refractivity contribution is 7.18. The number of aromatic nitrogens is 2. The summed E-state index contributed by atoms with van der Waals surface area (Å²) in [6.07, 6.45) is 0. The summed E-state index contributed by atoms with van der Waals surface area (Å²) in [5, 5.41) is 8.99. The molecule has 32 heavy (non-hydrogen) atoms. The van der Waals surface area contributed by atoms with Gasteiger partial charge in [-0.15, -0.1) is 22.7 Å². The molecule has 0 spiro atoms. The third-order valence-corrected chi connectivity index (χ3v) is 7.55. The topological polar surface area (TPSA) is 69.9 Å². The van der Waals surface area contributed by atoms with Crippen molar-refractivity contribution >= 4 is 38.7 Å². The standard InChI is InChI=1S/C23H22N4O3S2/c1-2-19(31-9-1)16-13-32-23-21(16)22(25-20(26-23)12-27-5-7-28-8-6-27)24-11-15-3-4-17-18(10-15)30-14-29-17/h1-4,9-10,13H,5-8,11-12,14H2,(H,24,25,26)/p+1. The van der Waals surface area contributed by atoms with Gasteiger partial charge in [0.1, 0.15) is 30.3 Å². The summed E-state index contributed by atoms with van der Waals surface area (Å²) in [5.41, 5.74) is 2.31. The van der Waals surface area contributed by atoms with Crippen LogP contribution in [0, 0.1) is 0 Å². The van der Waals surface area contributed by atoms with E-state index < -0.39 is 0 Å². The summed E-state index contributed by atoms with van der Waals surface area (Å²) in [5.74, 6) is 3.36. The fourth-order valence-electron chi connectivity index (χ4n) is 4.10. The number of thiophene rings is 2. The van der Waals surface area contributed by atoms with Gasteiger partial charge in [-0.25, -0.2) is 9.97 Å². The van der Waals surface area contributed by atoms with Gasteiger partial charge in [-0.1, -0.05) is 12.1 Å². The molecule has 0 radical (unpaired) electrons. The van der Waals surface area contributed by atoms with Gasteiger partial charge in [-0.3, -0.25) is 0 Å². The van der Waals surface area contributed by atoms with E-state index in [2.05, 4.69) is 34.3 Å². The summed E-state index contributed by atoms with van der Waals surface area (Å²) < 4.78 is 16.5. The molecule has 2 N–H and O–H groups in total. The van der Waals surface area contributed by atoms with Crippen molar-refractivity contribution in [2.24, 2.45) is 0 Å². The molecule has 1 aromatic carbocycles. The third-order valence-electron chi connectivity index (χ3n) is 5.77. The summed E-state index contributed by atoms with van der Waals surface area (Å²) in [6.45, 7) is 5.32. The maximum atomic E-state index is 5.54. The molecule has 9 heteroatoms. The predicted molar refractivity (Wildman–Crippen MR) is 126 cm³/mol. The van der Waals surface area contributed by atoms with Gasteiger partial charge in [-0.2, -0.15) is 0 Å². The van der Waals surface area contributed by atoms with Crippen LogP contribution in [0.2, 0.25) is 0 Å². The summed E-state index contributed by atoms with van der Waals surface area (Å²) >= 11 is 3.43. The lowest BCUT2D eigenvalue weighted by Gasteiger charge is -2.23. The number of quaternary nitrogens is 1. The second kappa shape index (κ2) is 8.67. The minimum atomic E-state index is 0.283. The van der Waals surface area contributed by atoms with E-state index in [1.165, 1.54) is 15.3 Å². The van der Waals surface area contributed by atoms with Crippen LogP contribution >= 0.6 is 22.7 Å². The van der Waals surface area contributed by atoms with Crippen molar-refractivity contribution in [2.75, 3.05) is 38.4 Å². The van der Waals surface area contributed by atoms with Crippen molar-refractivity contribution < 1.29 is 19.1 Å². The highest BCUT2D eigenvalue weighted by Gasteiger charge is 2.20. The van der Waals surface area contributed by atoms with Gasteiger partial charge in [-0.05, 0) is 29.1 Å². The lowest BCUT2D eigenvalue weighted by molar-refractivity contribution is -0.922. The highest BCUT2D eigenvalue weighted by Crippen LogP contribution is 2.39. The van der Waals surface area contributed by atoms with Gasteiger partial charge >= 0.3 is 0 Å². The van der Waals surface area contributed by atoms with Crippen molar-refractivity contribution in [1.29, 1.82) is 0 Å². The van der Waals surface area contributed by atoms with E-state index in [9.17, 15) is 0 Å². The van der Waals surface area contributed by atoms with Gasteiger partial charge < -0.3 is 24.4 Å². The van der Waals surface area contributed by atoms with Crippen LogP contribution in [-0.2, 0) is 17.8 Å². The molecule has 2 aliphatic rings. The van der Waals surface area contributed by atoms with Gasteiger partial charge in [0.25, 0.3) is 0 Å². The van der Waals surface area contributed by atoms with Gasteiger partial charge in [0.05, 0.1) is 18.6 Å². The van der Waals surface area contributed by atoms with Crippen LogP contribution in [0.25, 0.3) is 20.7 Å².